The van der Waals surface area contributed by atoms with Gasteiger partial charge in [0.15, 0.2) is 5.84 Å². The molecule has 1 unspecified atom stereocenters. The maximum atomic E-state index is 8.84. The van der Waals surface area contributed by atoms with Crippen LogP contribution in [0, 0.1) is 6.92 Å². The topological polar surface area (TPSA) is 102 Å². The molecule has 0 radical (unpaired) electrons. The van der Waals surface area contributed by atoms with Crippen LogP contribution in [0.15, 0.2) is 53.7 Å². The number of oxime groups is 1. The van der Waals surface area contributed by atoms with Crippen LogP contribution >= 0.6 is 11.3 Å². The van der Waals surface area contributed by atoms with Crippen molar-refractivity contribution < 1.29 is 14.7 Å². The fraction of sp³-hybridized carbons (Fsp3) is 0.407. The zero-order valence-corrected chi connectivity index (χ0v) is 21.6. The monoisotopic (exact) mass is 496 g/mol. The Kier molecular flexibility index (Phi) is 10.4. The Balaban J connectivity index is 1.68. The minimum atomic E-state index is -0.421. The second-order valence-electron chi connectivity index (χ2n) is 8.38. The second kappa shape index (κ2) is 13.7. The molecule has 1 heterocycles. The summed E-state index contributed by atoms with van der Waals surface area (Å²) in [7, 11) is 0. The lowest BCUT2D eigenvalue weighted by Gasteiger charge is -2.21. The smallest absolute Gasteiger partial charge is 0.241 e. The highest BCUT2D eigenvalue weighted by Crippen LogP contribution is 2.30. The summed E-state index contributed by atoms with van der Waals surface area (Å²) in [6.45, 7) is 8.24. The number of amidine groups is 1. The first kappa shape index (κ1) is 26.5. The summed E-state index contributed by atoms with van der Waals surface area (Å²) in [6, 6.07) is 15.1. The van der Waals surface area contributed by atoms with Crippen LogP contribution in [0.25, 0.3) is 11.3 Å². The van der Waals surface area contributed by atoms with Crippen LogP contribution in [0.1, 0.15) is 61.4 Å². The van der Waals surface area contributed by atoms with Gasteiger partial charge in [0.05, 0.1) is 10.7 Å². The van der Waals surface area contributed by atoms with Crippen molar-refractivity contribution >= 4 is 17.2 Å². The van der Waals surface area contributed by atoms with Crippen molar-refractivity contribution in [3.63, 3.8) is 0 Å². The summed E-state index contributed by atoms with van der Waals surface area (Å²) in [4.78, 5) is 6.03. The van der Waals surface area contributed by atoms with Crippen molar-refractivity contribution in [2.24, 2.45) is 10.9 Å². The van der Waals surface area contributed by atoms with E-state index in [2.05, 4.69) is 36.5 Å². The highest BCUT2D eigenvalue weighted by molar-refractivity contribution is 7.12. The number of thiazole rings is 1. The number of rotatable bonds is 14. The van der Waals surface area contributed by atoms with Crippen molar-refractivity contribution in [3.8, 4) is 22.8 Å². The van der Waals surface area contributed by atoms with E-state index in [0.29, 0.717) is 11.3 Å². The molecule has 1 aromatic heterocycles. The molecular formula is C27H36N4O3S. The summed E-state index contributed by atoms with van der Waals surface area (Å²) >= 11 is 1.74. The highest BCUT2D eigenvalue weighted by Gasteiger charge is 2.15. The SMILES string of the molecule is CCCCNCc1sc(C)nc1-c1ccc(OC(CCCC)Oc2ccc(C(N)=NO)cc2)cc1. The number of nitrogens with zero attached hydrogens (tertiary/aromatic N) is 2. The zero-order chi connectivity index (χ0) is 25.0. The summed E-state index contributed by atoms with van der Waals surface area (Å²) in [5.74, 6) is 1.47. The van der Waals surface area contributed by atoms with Crippen molar-refractivity contribution in [2.75, 3.05) is 6.54 Å². The molecule has 35 heavy (non-hydrogen) atoms. The first-order valence-electron chi connectivity index (χ1n) is 12.2. The van der Waals surface area contributed by atoms with Gasteiger partial charge >= 0.3 is 0 Å². The number of aromatic nitrogens is 1. The summed E-state index contributed by atoms with van der Waals surface area (Å²) in [5.41, 5.74) is 8.38. The molecule has 3 aromatic rings. The second-order valence-corrected chi connectivity index (χ2v) is 9.66. The average molecular weight is 497 g/mol. The Bertz CT molecular complexity index is 1070. The van der Waals surface area contributed by atoms with E-state index in [1.165, 1.54) is 17.7 Å². The van der Waals surface area contributed by atoms with Gasteiger partial charge in [0.1, 0.15) is 11.5 Å². The number of nitrogens with one attached hydrogen (secondary N) is 1. The molecule has 4 N–H and O–H groups in total. The Morgan fingerprint density at radius 1 is 1.03 bits per heavy atom. The lowest BCUT2D eigenvalue weighted by Crippen LogP contribution is -2.24. The van der Waals surface area contributed by atoms with Gasteiger partial charge in [0.2, 0.25) is 6.29 Å². The third kappa shape index (κ3) is 7.97. The van der Waals surface area contributed by atoms with Crippen molar-refractivity contribution in [1.29, 1.82) is 0 Å². The fourth-order valence-electron chi connectivity index (χ4n) is 3.59. The molecule has 0 fully saturated rings. The van der Waals surface area contributed by atoms with Gasteiger partial charge in [0.25, 0.3) is 0 Å². The van der Waals surface area contributed by atoms with E-state index in [9.17, 15) is 0 Å². The first-order valence-corrected chi connectivity index (χ1v) is 13.0. The van der Waals surface area contributed by atoms with E-state index in [0.717, 1.165) is 54.4 Å². The van der Waals surface area contributed by atoms with Gasteiger partial charge in [-0.05, 0) is 74.8 Å². The predicted octanol–water partition coefficient (Wildman–Crippen LogP) is 6.08. The van der Waals surface area contributed by atoms with E-state index in [-0.39, 0.29) is 5.84 Å². The molecule has 0 aliphatic carbocycles. The molecule has 8 heteroatoms. The quantitative estimate of drug-likeness (QED) is 0.0624. The summed E-state index contributed by atoms with van der Waals surface area (Å²) in [5, 5.41) is 16.5. The molecule has 0 saturated heterocycles. The third-order valence-corrected chi connectivity index (χ3v) is 6.48. The van der Waals surface area contributed by atoms with E-state index >= 15 is 0 Å². The zero-order valence-electron chi connectivity index (χ0n) is 20.8. The van der Waals surface area contributed by atoms with Crippen LogP contribution in [0.5, 0.6) is 11.5 Å². The standard InChI is InChI=1S/C27H36N4O3S/c1-4-6-8-25(34-23-15-11-21(12-16-23)27(28)31-32)33-22-13-9-20(10-14-22)26-24(35-19(3)30-26)18-29-17-7-5-2/h9-16,25,29,32H,4-8,17-18H2,1-3H3,(H2,28,31). The normalized spacial score (nSPS) is 12.5. The van der Waals surface area contributed by atoms with Gasteiger partial charge in [-0.3, -0.25) is 0 Å². The van der Waals surface area contributed by atoms with Crippen molar-refractivity contribution in [1.82, 2.24) is 10.3 Å². The van der Waals surface area contributed by atoms with Crippen LogP contribution in [-0.4, -0.2) is 28.9 Å². The minimum absolute atomic E-state index is 0.0608. The number of hydrogen-bond acceptors (Lipinski definition) is 7. The molecule has 0 aliphatic heterocycles. The molecule has 188 valence electrons. The van der Waals surface area contributed by atoms with Crippen LogP contribution in [-0.2, 0) is 6.54 Å². The van der Waals surface area contributed by atoms with E-state index in [4.69, 9.17) is 25.4 Å². The number of nitrogens with two attached hydrogens (primary N) is 1. The molecular weight excluding hydrogens is 460 g/mol. The van der Waals surface area contributed by atoms with Crippen molar-refractivity contribution in [3.05, 3.63) is 64.0 Å². The summed E-state index contributed by atoms with van der Waals surface area (Å²) < 4.78 is 12.3. The van der Waals surface area contributed by atoms with Crippen LogP contribution in [0.3, 0.4) is 0 Å². The average Bonchev–Trinajstić information content (AvgIpc) is 3.25. The van der Waals surface area contributed by atoms with Gasteiger partial charge in [-0.1, -0.05) is 31.8 Å². The van der Waals surface area contributed by atoms with E-state index in [1.807, 2.05) is 19.1 Å². The molecule has 3 rings (SSSR count). The number of ether oxygens (including phenoxy) is 2. The predicted molar refractivity (Wildman–Crippen MR) is 142 cm³/mol. The molecule has 0 saturated carbocycles. The van der Waals surface area contributed by atoms with Gasteiger partial charge in [-0.2, -0.15) is 0 Å². The maximum Gasteiger partial charge on any atom is 0.241 e. The summed E-state index contributed by atoms with van der Waals surface area (Å²) in [6.07, 6.45) is 4.73. The largest absolute Gasteiger partial charge is 0.455 e. The first-order chi connectivity index (χ1) is 17.0. The number of aryl methyl sites for hydroxylation is 1. The van der Waals surface area contributed by atoms with Crippen LogP contribution in [0.4, 0.5) is 0 Å². The molecule has 0 aliphatic rings. The molecule has 1 atom stereocenters. The Labute approximate surface area is 212 Å². The minimum Gasteiger partial charge on any atom is -0.455 e. The Morgan fingerprint density at radius 3 is 2.26 bits per heavy atom. The van der Waals surface area contributed by atoms with E-state index < -0.39 is 6.29 Å². The number of benzene rings is 2. The third-order valence-electron chi connectivity index (χ3n) is 5.51. The maximum absolute atomic E-state index is 8.84. The fourth-order valence-corrected chi connectivity index (χ4v) is 4.52. The molecule has 2 aromatic carbocycles. The van der Waals surface area contributed by atoms with Gasteiger partial charge in [-0.15, -0.1) is 11.3 Å². The van der Waals surface area contributed by atoms with Gasteiger partial charge in [-0.25, -0.2) is 4.98 Å². The molecule has 0 amide bonds. The Hall–Kier alpha value is -3.10. The lowest BCUT2D eigenvalue weighted by atomic mass is 10.1. The van der Waals surface area contributed by atoms with Gasteiger partial charge < -0.3 is 25.7 Å². The molecule has 7 nitrogen and oxygen atoms in total. The molecule has 0 bridgehead atoms. The van der Waals surface area contributed by atoms with Gasteiger partial charge in [0, 0.05) is 29.0 Å². The highest BCUT2D eigenvalue weighted by atomic mass is 32.1. The van der Waals surface area contributed by atoms with Crippen molar-refractivity contribution in [2.45, 2.75) is 65.7 Å². The number of hydrogen-bond donors (Lipinski definition) is 3. The lowest BCUT2D eigenvalue weighted by molar-refractivity contribution is -0.00211. The van der Waals surface area contributed by atoms with Crippen LogP contribution < -0.4 is 20.5 Å². The Morgan fingerprint density at radius 2 is 1.66 bits per heavy atom. The van der Waals surface area contributed by atoms with E-state index in [1.54, 1.807) is 35.6 Å². The number of unbranched alkanes of at least 4 members (excludes halogenated alkanes) is 2. The molecule has 0 spiro atoms. The van der Waals surface area contributed by atoms with Crippen LogP contribution in [0.2, 0.25) is 0 Å².